The molecule has 0 amide bonds. The summed E-state index contributed by atoms with van der Waals surface area (Å²) in [7, 11) is 4.22. The van der Waals surface area contributed by atoms with E-state index >= 15 is 0 Å². The van der Waals surface area contributed by atoms with E-state index in [0.29, 0.717) is 0 Å². The zero-order valence-corrected chi connectivity index (χ0v) is 3.47. The Hall–Kier alpha value is -0.215. The summed E-state index contributed by atoms with van der Waals surface area (Å²) in [5, 5.41) is 23.5. The van der Waals surface area contributed by atoms with Gasteiger partial charge in [-0.2, -0.15) is 0 Å². The van der Waals surface area contributed by atoms with E-state index in [9.17, 15) is 0 Å². The molecule has 0 saturated heterocycles. The van der Waals surface area contributed by atoms with E-state index in [-0.39, 0.29) is 0 Å². The normalized spacial score (nSPS) is 9.62. The highest BCUT2D eigenvalue weighted by atomic mass is 17.9. The van der Waals surface area contributed by atoms with Crippen molar-refractivity contribution in [2.75, 3.05) is 0 Å². The van der Waals surface area contributed by atoms with Gasteiger partial charge in [-0.25, -0.2) is 5.26 Å². The van der Waals surface area contributed by atoms with E-state index in [1.54, 1.807) is 0 Å². The zero-order valence-electron chi connectivity index (χ0n) is 3.47. The lowest BCUT2D eigenvalue weighted by Crippen LogP contribution is -1.96. The highest BCUT2D eigenvalue weighted by molar-refractivity contribution is 5.97. The van der Waals surface area contributed by atoms with E-state index in [1.807, 2.05) is 0 Å². The summed E-state index contributed by atoms with van der Waals surface area (Å²) < 4.78 is 0. The van der Waals surface area contributed by atoms with Gasteiger partial charge in [-0.3, -0.25) is 4.81 Å². The summed E-state index contributed by atoms with van der Waals surface area (Å²) in [6, 6.07) is 0. The first-order valence-corrected chi connectivity index (χ1v) is 1.25. The maximum absolute atomic E-state index is 7.31. The summed E-state index contributed by atoms with van der Waals surface area (Å²) in [6.45, 7) is 0. The van der Waals surface area contributed by atoms with E-state index < -0.39 is 0 Å². The monoisotopic (exact) mass is 124 g/mol. The molecule has 0 aliphatic carbocycles. The molecule has 0 heterocycles. The fourth-order valence-electron chi connectivity index (χ4n) is 0.0511. The van der Waals surface area contributed by atoms with Crippen molar-refractivity contribution < 1.29 is 35.3 Å². The molecule has 8 heavy (non-hydrogen) atoms. The minimum absolute atomic E-state index is 2.86. The average Bonchev–Trinajstić information content (AvgIpc) is 1.81. The van der Waals surface area contributed by atoms with Crippen LogP contribution in [0.3, 0.4) is 0 Å². The Bertz CT molecular complexity index is 29.4. The minimum Gasteiger partial charge on any atom is -0.286 e. The van der Waals surface area contributed by atoms with Crippen LogP contribution < -0.4 is 0 Å². The molecule has 46 valence electrons. The molecule has 2 radical (unpaired) electrons. The Morgan fingerprint density at radius 3 is 2.12 bits per heavy atom. The van der Waals surface area contributed by atoms with Gasteiger partial charge in [0.15, 0.2) is 0 Å². The minimum atomic E-state index is 2.86. The van der Waals surface area contributed by atoms with Crippen molar-refractivity contribution in [3.05, 3.63) is 0 Å². The third-order valence-electron chi connectivity index (χ3n) is 0.153. The van der Waals surface area contributed by atoms with Crippen molar-refractivity contribution in [2.24, 2.45) is 0 Å². The zero-order chi connectivity index (χ0) is 6.24. The van der Waals surface area contributed by atoms with Gasteiger partial charge in [0.2, 0.25) is 0 Å². The first-order chi connectivity index (χ1) is 3.91. The second-order valence-electron chi connectivity index (χ2n) is 0.443. The summed E-state index contributed by atoms with van der Waals surface area (Å²) in [4.78, 5) is 3.32. The van der Waals surface area contributed by atoms with Gasteiger partial charge in [-0.05, 0) is 20.2 Å². The number of rotatable bonds is 5. The Morgan fingerprint density at radius 2 is 1.62 bits per heavy atom. The summed E-state index contributed by atoms with van der Waals surface area (Å²) in [6.07, 6.45) is 0. The number of hydrogen-bond acceptors (Lipinski definition) is 7. The van der Waals surface area contributed by atoms with Crippen molar-refractivity contribution in [1.29, 1.82) is 0 Å². The van der Waals surface area contributed by atoms with Crippen molar-refractivity contribution in [3.63, 3.8) is 0 Å². The van der Waals surface area contributed by atoms with Crippen LogP contribution in [-0.2, 0) is 30.0 Å². The van der Waals surface area contributed by atoms with Crippen molar-refractivity contribution in [3.8, 4) is 0 Å². The first kappa shape index (κ1) is 7.78. The van der Waals surface area contributed by atoms with Crippen LogP contribution in [0.1, 0.15) is 0 Å². The predicted molar refractivity (Wildman–Crippen MR) is 14.9 cm³/mol. The van der Waals surface area contributed by atoms with Gasteiger partial charge in [0.1, 0.15) is 0 Å². The Balaban J connectivity index is 2.53. The van der Waals surface area contributed by atoms with Gasteiger partial charge in [0, 0.05) is 0 Å². The molecule has 0 spiro atoms. The molecule has 0 bridgehead atoms. The second-order valence-corrected chi connectivity index (χ2v) is 0.443. The van der Waals surface area contributed by atoms with Crippen LogP contribution in [0.25, 0.3) is 0 Å². The van der Waals surface area contributed by atoms with Crippen molar-refractivity contribution >= 4 is 8.05 Å². The topological polar surface area (TPSA) is 75.6 Å². The molecular formula is HBO7. The van der Waals surface area contributed by atoms with Crippen molar-refractivity contribution in [1.82, 2.24) is 0 Å². The maximum atomic E-state index is 7.31. The van der Waals surface area contributed by atoms with Gasteiger partial charge >= 0.3 is 8.05 Å². The lowest BCUT2D eigenvalue weighted by Gasteiger charge is -1.92. The molecule has 0 aromatic carbocycles. The van der Waals surface area contributed by atoms with Crippen LogP contribution in [0.4, 0.5) is 0 Å². The van der Waals surface area contributed by atoms with Gasteiger partial charge in [0.25, 0.3) is 0 Å². The molecule has 0 aromatic heterocycles. The summed E-state index contributed by atoms with van der Waals surface area (Å²) in [5.41, 5.74) is 0. The Morgan fingerprint density at radius 1 is 1.00 bits per heavy atom. The third kappa shape index (κ3) is 5.78. The van der Waals surface area contributed by atoms with Gasteiger partial charge < -0.3 is 0 Å². The Labute approximate surface area is 44.6 Å². The third-order valence-corrected chi connectivity index (χ3v) is 0.153. The van der Waals surface area contributed by atoms with E-state index in [1.165, 1.54) is 0 Å². The molecule has 0 aliphatic rings. The van der Waals surface area contributed by atoms with E-state index in [2.05, 4.69) is 38.0 Å². The highest BCUT2D eigenvalue weighted by Gasteiger charge is 1.85. The second kappa shape index (κ2) is 6.78. The fraction of sp³-hybridized carbons (Fsp3) is 0. The van der Waals surface area contributed by atoms with Crippen LogP contribution in [0.5, 0.6) is 0 Å². The molecule has 0 aliphatic heterocycles. The van der Waals surface area contributed by atoms with Crippen LogP contribution in [0.2, 0.25) is 0 Å². The molecule has 0 saturated carbocycles. The van der Waals surface area contributed by atoms with Crippen LogP contribution in [0, 0.1) is 0 Å². The largest absolute Gasteiger partial charge is 0.342 e. The van der Waals surface area contributed by atoms with E-state index in [4.69, 9.17) is 5.26 Å². The van der Waals surface area contributed by atoms with Crippen LogP contribution >= 0.6 is 0 Å². The SMILES string of the molecule is [B]OOOOOOO. The molecule has 0 unspecified atom stereocenters. The lowest BCUT2D eigenvalue weighted by molar-refractivity contribution is -0.779. The highest BCUT2D eigenvalue weighted by Crippen LogP contribution is 1.80. The molecule has 7 nitrogen and oxygen atoms in total. The molecule has 1 N–H and O–H groups in total. The average molecular weight is 124 g/mol. The smallest absolute Gasteiger partial charge is 0.286 e. The van der Waals surface area contributed by atoms with Gasteiger partial charge in [-0.15, -0.1) is 0 Å². The van der Waals surface area contributed by atoms with Gasteiger partial charge in [0.05, 0.1) is 0 Å². The quantitative estimate of drug-likeness (QED) is 0.223. The number of hydrogen-bond donors (Lipinski definition) is 1. The summed E-state index contributed by atoms with van der Waals surface area (Å²) >= 11 is 0. The van der Waals surface area contributed by atoms with E-state index in [0.717, 1.165) is 0 Å². The predicted octanol–water partition coefficient (Wildman–Crippen LogP) is -0.783. The van der Waals surface area contributed by atoms with Gasteiger partial charge in [-0.1, -0.05) is 5.04 Å². The molecule has 8 heteroatoms. The standard InChI is InChI=1S/BHO7/c1-3-5-7-8-6-4-2/h2H. The molecular weight excluding hydrogens is 123 g/mol. The molecule has 0 rings (SSSR count). The molecule has 0 atom stereocenters. The molecule has 0 aromatic rings. The van der Waals surface area contributed by atoms with Crippen LogP contribution in [-0.4, -0.2) is 13.3 Å². The Kier molecular flexibility index (Phi) is 6.60. The van der Waals surface area contributed by atoms with Crippen molar-refractivity contribution in [2.45, 2.75) is 0 Å². The fourth-order valence-corrected chi connectivity index (χ4v) is 0.0511. The van der Waals surface area contributed by atoms with Crippen LogP contribution in [0.15, 0.2) is 0 Å². The lowest BCUT2D eigenvalue weighted by atomic mass is 10.6. The first-order valence-electron chi connectivity index (χ1n) is 1.25. The summed E-state index contributed by atoms with van der Waals surface area (Å²) in [5.74, 6) is 0. The molecule has 0 fully saturated rings. The maximum Gasteiger partial charge on any atom is 0.342 e.